The largest absolute Gasteiger partial charge is 0.493 e. The van der Waals surface area contributed by atoms with Crippen LogP contribution in [0, 0.1) is 0 Å². The molecule has 0 spiro atoms. The molecular weight excluding hydrogens is 328 g/mol. The number of hydrogen-bond donors (Lipinski definition) is 2. The van der Waals surface area contributed by atoms with Crippen molar-refractivity contribution in [3.63, 3.8) is 0 Å². The van der Waals surface area contributed by atoms with Gasteiger partial charge in [0.25, 0.3) is 0 Å². The van der Waals surface area contributed by atoms with Gasteiger partial charge in [0.15, 0.2) is 11.5 Å². The van der Waals surface area contributed by atoms with Crippen molar-refractivity contribution in [2.24, 2.45) is 0 Å². The molecule has 1 aliphatic carbocycles. The third kappa shape index (κ3) is 3.01. The number of amides is 1. The topological polar surface area (TPSA) is 63.3 Å². The first-order valence-electron chi connectivity index (χ1n) is 8.76. The van der Waals surface area contributed by atoms with Crippen LogP contribution in [0.15, 0.2) is 42.5 Å². The number of rotatable bonds is 5. The number of aromatic amines is 1. The molecule has 0 aliphatic heterocycles. The summed E-state index contributed by atoms with van der Waals surface area (Å²) in [5.41, 5.74) is 4.65. The molecule has 0 radical (unpaired) electrons. The van der Waals surface area contributed by atoms with Gasteiger partial charge in [0, 0.05) is 29.1 Å². The number of ether oxygens (including phenoxy) is 2. The summed E-state index contributed by atoms with van der Waals surface area (Å²) in [5, 5.41) is 4.42. The maximum absolute atomic E-state index is 12.5. The Hall–Kier alpha value is -2.95. The van der Waals surface area contributed by atoms with E-state index in [-0.39, 0.29) is 11.9 Å². The lowest BCUT2D eigenvalue weighted by atomic mass is 10.1. The van der Waals surface area contributed by atoms with Crippen molar-refractivity contribution in [2.45, 2.75) is 25.3 Å². The van der Waals surface area contributed by atoms with E-state index in [2.05, 4.69) is 28.5 Å². The quantitative estimate of drug-likeness (QED) is 0.743. The molecule has 1 atom stereocenters. The SMILES string of the molecule is COc1ccc(CC(=O)NC2Cc3[nH]c4ccccc4c3C2)cc1OC. The standard InChI is InChI=1S/C21H22N2O3/c1-25-19-8-7-13(9-20(19)26-2)10-21(24)22-14-11-16-15-5-3-4-6-17(15)23-18(16)12-14/h3-9,14,23H,10-12H2,1-2H3,(H,22,24). The zero-order valence-corrected chi connectivity index (χ0v) is 15.0. The van der Waals surface area contributed by atoms with E-state index in [4.69, 9.17) is 9.47 Å². The lowest BCUT2D eigenvalue weighted by molar-refractivity contribution is -0.121. The van der Waals surface area contributed by atoms with E-state index in [0.717, 1.165) is 18.4 Å². The number of aromatic nitrogens is 1. The van der Waals surface area contributed by atoms with Crippen LogP contribution in [0.2, 0.25) is 0 Å². The van der Waals surface area contributed by atoms with Gasteiger partial charge < -0.3 is 19.8 Å². The molecule has 5 nitrogen and oxygen atoms in total. The molecule has 3 aromatic rings. The van der Waals surface area contributed by atoms with Gasteiger partial charge in [0.2, 0.25) is 5.91 Å². The zero-order chi connectivity index (χ0) is 18.1. The predicted octanol–water partition coefficient (Wildman–Crippen LogP) is 3.01. The van der Waals surface area contributed by atoms with Crippen molar-refractivity contribution >= 4 is 16.8 Å². The van der Waals surface area contributed by atoms with Crippen LogP contribution in [0.5, 0.6) is 11.5 Å². The third-order valence-electron chi connectivity index (χ3n) is 4.98. The minimum Gasteiger partial charge on any atom is -0.493 e. The molecular formula is C21H22N2O3. The highest BCUT2D eigenvalue weighted by atomic mass is 16.5. The van der Waals surface area contributed by atoms with Gasteiger partial charge in [-0.05, 0) is 35.7 Å². The summed E-state index contributed by atoms with van der Waals surface area (Å²) in [5.74, 6) is 1.33. The van der Waals surface area contributed by atoms with Gasteiger partial charge in [-0.1, -0.05) is 24.3 Å². The summed E-state index contributed by atoms with van der Waals surface area (Å²) in [6.07, 6.45) is 2.05. The van der Waals surface area contributed by atoms with E-state index in [1.54, 1.807) is 14.2 Å². The van der Waals surface area contributed by atoms with Crippen molar-refractivity contribution in [1.82, 2.24) is 10.3 Å². The second-order valence-corrected chi connectivity index (χ2v) is 6.67. The fraction of sp³-hybridized carbons (Fsp3) is 0.286. The lowest BCUT2D eigenvalue weighted by Gasteiger charge is -2.13. The lowest BCUT2D eigenvalue weighted by Crippen LogP contribution is -2.36. The van der Waals surface area contributed by atoms with E-state index in [1.165, 1.54) is 22.2 Å². The van der Waals surface area contributed by atoms with Crippen molar-refractivity contribution in [2.75, 3.05) is 14.2 Å². The van der Waals surface area contributed by atoms with Crippen molar-refractivity contribution in [3.8, 4) is 11.5 Å². The molecule has 2 N–H and O–H groups in total. The Kier molecular flexibility index (Phi) is 4.29. The minimum atomic E-state index is 0.0247. The molecule has 1 aromatic heterocycles. The van der Waals surface area contributed by atoms with E-state index in [9.17, 15) is 4.79 Å². The Labute approximate surface area is 152 Å². The molecule has 1 aliphatic rings. The van der Waals surface area contributed by atoms with E-state index >= 15 is 0 Å². The van der Waals surface area contributed by atoms with Gasteiger partial charge in [-0.2, -0.15) is 0 Å². The summed E-state index contributed by atoms with van der Waals surface area (Å²) in [7, 11) is 3.20. The molecule has 1 amide bonds. The minimum absolute atomic E-state index is 0.0247. The molecule has 26 heavy (non-hydrogen) atoms. The predicted molar refractivity (Wildman–Crippen MR) is 101 cm³/mol. The Morgan fingerprint density at radius 2 is 1.92 bits per heavy atom. The number of carbonyl (C=O) groups excluding carboxylic acids is 1. The summed E-state index contributed by atoms with van der Waals surface area (Å²) in [6.45, 7) is 0. The van der Waals surface area contributed by atoms with Gasteiger partial charge in [-0.3, -0.25) is 4.79 Å². The average molecular weight is 350 g/mol. The van der Waals surface area contributed by atoms with Gasteiger partial charge in [-0.25, -0.2) is 0 Å². The highest BCUT2D eigenvalue weighted by Crippen LogP contribution is 2.30. The van der Waals surface area contributed by atoms with Crippen LogP contribution in [0.4, 0.5) is 0 Å². The first-order valence-corrected chi connectivity index (χ1v) is 8.76. The van der Waals surface area contributed by atoms with Crippen LogP contribution >= 0.6 is 0 Å². The number of para-hydroxylation sites is 1. The van der Waals surface area contributed by atoms with Crippen LogP contribution in [0.25, 0.3) is 10.9 Å². The van der Waals surface area contributed by atoms with Crippen molar-refractivity contribution < 1.29 is 14.3 Å². The number of carbonyl (C=O) groups is 1. The third-order valence-corrected chi connectivity index (χ3v) is 4.98. The van der Waals surface area contributed by atoms with Crippen LogP contribution in [0.3, 0.4) is 0 Å². The second kappa shape index (κ2) is 6.75. The number of nitrogens with one attached hydrogen (secondary N) is 2. The molecule has 134 valence electrons. The first-order chi connectivity index (χ1) is 12.7. The Balaban J connectivity index is 1.41. The molecule has 1 unspecified atom stereocenters. The summed E-state index contributed by atoms with van der Waals surface area (Å²) >= 11 is 0. The molecule has 0 saturated carbocycles. The van der Waals surface area contributed by atoms with Crippen LogP contribution in [-0.4, -0.2) is 31.2 Å². The summed E-state index contributed by atoms with van der Waals surface area (Å²) < 4.78 is 10.5. The average Bonchev–Trinajstić information content (AvgIpc) is 3.18. The normalized spacial score (nSPS) is 15.7. The van der Waals surface area contributed by atoms with Gasteiger partial charge in [0.1, 0.15) is 0 Å². The fourth-order valence-corrected chi connectivity index (χ4v) is 3.78. The molecule has 0 fully saturated rings. The summed E-state index contributed by atoms with van der Waals surface area (Å²) in [4.78, 5) is 15.9. The number of hydrogen-bond acceptors (Lipinski definition) is 3. The number of fused-ring (bicyclic) bond motifs is 3. The van der Waals surface area contributed by atoms with Crippen LogP contribution < -0.4 is 14.8 Å². The molecule has 0 saturated heterocycles. The van der Waals surface area contributed by atoms with Gasteiger partial charge in [0.05, 0.1) is 20.6 Å². The monoisotopic (exact) mass is 350 g/mol. The van der Waals surface area contributed by atoms with Crippen molar-refractivity contribution in [3.05, 3.63) is 59.3 Å². The summed E-state index contributed by atoms with van der Waals surface area (Å²) in [6, 6.07) is 14.0. The van der Waals surface area contributed by atoms with E-state index in [0.29, 0.717) is 17.9 Å². The Morgan fingerprint density at radius 1 is 1.12 bits per heavy atom. The van der Waals surface area contributed by atoms with E-state index < -0.39 is 0 Å². The molecule has 1 heterocycles. The van der Waals surface area contributed by atoms with Crippen molar-refractivity contribution in [1.29, 1.82) is 0 Å². The number of H-pyrrole nitrogens is 1. The molecule has 4 rings (SSSR count). The Morgan fingerprint density at radius 3 is 2.73 bits per heavy atom. The zero-order valence-electron chi connectivity index (χ0n) is 15.0. The second-order valence-electron chi connectivity index (χ2n) is 6.67. The van der Waals surface area contributed by atoms with Gasteiger partial charge in [-0.15, -0.1) is 0 Å². The fourth-order valence-electron chi connectivity index (χ4n) is 3.78. The molecule has 0 bridgehead atoms. The highest BCUT2D eigenvalue weighted by Gasteiger charge is 2.26. The smallest absolute Gasteiger partial charge is 0.224 e. The maximum Gasteiger partial charge on any atom is 0.224 e. The van der Waals surface area contributed by atoms with Crippen LogP contribution in [-0.2, 0) is 24.1 Å². The first kappa shape index (κ1) is 16.5. The Bertz CT molecular complexity index is 961. The van der Waals surface area contributed by atoms with Gasteiger partial charge >= 0.3 is 0 Å². The molecule has 5 heteroatoms. The molecule has 2 aromatic carbocycles. The van der Waals surface area contributed by atoms with Crippen LogP contribution in [0.1, 0.15) is 16.8 Å². The maximum atomic E-state index is 12.5. The van der Waals surface area contributed by atoms with E-state index in [1.807, 2.05) is 24.3 Å². The number of benzene rings is 2. The number of methoxy groups -OCH3 is 2. The highest BCUT2D eigenvalue weighted by molar-refractivity contribution is 5.86.